The van der Waals surface area contributed by atoms with Crippen molar-refractivity contribution in [3.63, 3.8) is 0 Å². The fourth-order valence-electron chi connectivity index (χ4n) is 2.31. The van der Waals surface area contributed by atoms with E-state index in [4.69, 9.17) is 9.47 Å². The van der Waals surface area contributed by atoms with Gasteiger partial charge in [0.2, 0.25) is 0 Å². The second-order valence-electron chi connectivity index (χ2n) is 5.76. The molecule has 0 aliphatic carbocycles. The number of aromatic nitrogens is 2. The first-order chi connectivity index (χ1) is 11.1. The van der Waals surface area contributed by atoms with Crippen LogP contribution in [0, 0.1) is 5.41 Å². The van der Waals surface area contributed by atoms with Gasteiger partial charge in [-0.3, -0.25) is 14.4 Å². The predicted octanol–water partition coefficient (Wildman–Crippen LogP) is 1.21. The third-order valence-electron chi connectivity index (χ3n) is 3.48. The third-order valence-corrected chi connectivity index (χ3v) is 3.48. The predicted molar refractivity (Wildman–Crippen MR) is 72.5 cm³/mol. The van der Waals surface area contributed by atoms with Gasteiger partial charge in [0.15, 0.2) is 5.41 Å². The summed E-state index contributed by atoms with van der Waals surface area (Å²) < 4.78 is 40.2. The molecule has 0 amide bonds. The van der Waals surface area contributed by atoms with E-state index in [1.807, 2.05) is 0 Å². The van der Waals surface area contributed by atoms with Gasteiger partial charge in [0.05, 0.1) is 19.2 Å². The first kappa shape index (κ1) is 17.8. The molecule has 0 saturated carbocycles. The van der Waals surface area contributed by atoms with Gasteiger partial charge < -0.3 is 14.2 Å². The van der Waals surface area contributed by atoms with E-state index >= 15 is 0 Å². The van der Waals surface area contributed by atoms with Crippen LogP contribution in [0.1, 0.15) is 32.5 Å². The maximum atomic E-state index is 12.6. The monoisotopic (exact) mass is 346 g/mol. The zero-order valence-electron chi connectivity index (χ0n) is 13.2. The molecule has 1 aliphatic rings. The summed E-state index contributed by atoms with van der Waals surface area (Å²) in [4.78, 5) is 36.5. The Labute approximate surface area is 135 Å². The van der Waals surface area contributed by atoms with Crippen molar-refractivity contribution in [2.24, 2.45) is 5.41 Å². The number of ether oxygens (including phenoxy) is 3. The molecule has 0 aromatic carbocycles. The Balaban J connectivity index is 2.38. The summed E-state index contributed by atoms with van der Waals surface area (Å²) >= 11 is 0. The van der Waals surface area contributed by atoms with Crippen LogP contribution in [0.3, 0.4) is 0 Å². The number of cyclic esters (lactones) is 2. The minimum atomic E-state index is -2.88. The van der Waals surface area contributed by atoms with Crippen LogP contribution in [0.5, 0.6) is 0 Å². The molecule has 10 heteroatoms. The molecule has 1 aromatic rings. The van der Waals surface area contributed by atoms with Gasteiger partial charge in [-0.25, -0.2) is 4.68 Å². The van der Waals surface area contributed by atoms with E-state index in [2.05, 4.69) is 9.84 Å². The first-order valence-electron chi connectivity index (χ1n) is 6.95. The smallest absolute Gasteiger partial charge is 0.333 e. The van der Waals surface area contributed by atoms with Crippen molar-refractivity contribution in [2.45, 2.75) is 39.0 Å². The fraction of sp³-hybridized carbons (Fsp3) is 0.571. The van der Waals surface area contributed by atoms with E-state index in [1.165, 1.54) is 19.9 Å². The quantitative estimate of drug-likeness (QED) is 0.584. The van der Waals surface area contributed by atoms with E-state index in [-0.39, 0.29) is 5.69 Å². The molecule has 2 rings (SSSR count). The van der Waals surface area contributed by atoms with Gasteiger partial charge in [0.25, 0.3) is 5.79 Å². The van der Waals surface area contributed by atoms with Crippen LogP contribution >= 0.6 is 0 Å². The second kappa shape index (κ2) is 6.17. The highest BCUT2D eigenvalue weighted by Crippen LogP contribution is 2.38. The average molecular weight is 346 g/mol. The van der Waals surface area contributed by atoms with Crippen LogP contribution in [0.15, 0.2) is 12.3 Å². The Hall–Kier alpha value is -2.52. The van der Waals surface area contributed by atoms with E-state index in [0.717, 1.165) is 13.3 Å². The molecular weight excluding hydrogens is 330 g/mol. The molecule has 1 saturated heterocycles. The van der Waals surface area contributed by atoms with Crippen LogP contribution in [0.2, 0.25) is 0 Å². The van der Waals surface area contributed by atoms with E-state index in [1.54, 1.807) is 0 Å². The number of esters is 3. The van der Waals surface area contributed by atoms with Crippen molar-refractivity contribution >= 4 is 17.9 Å². The molecule has 0 spiro atoms. The number of methoxy groups -OCH3 is 1. The van der Waals surface area contributed by atoms with E-state index < -0.39 is 48.5 Å². The maximum Gasteiger partial charge on any atom is 0.333 e. The van der Waals surface area contributed by atoms with Crippen LogP contribution < -0.4 is 0 Å². The highest BCUT2D eigenvalue weighted by Gasteiger charge is 2.58. The number of alkyl halides is 2. The number of carbonyl (C=O) groups excluding carboxylic acids is 3. The zero-order valence-corrected chi connectivity index (χ0v) is 13.2. The summed E-state index contributed by atoms with van der Waals surface area (Å²) in [6, 6.07) is 1.21. The second-order valence-corrected chi connectivity index (χ2v) is 5.76. The number of rotatable bonds is 5. The molecular formula is C14H16F2N2O6. The molecule has 1 fully saturated rings. The molecule has 2 heterocycles. The summed E-state index contributed by atoms with van der Waals surface area (Å²) in [7, 11) is 1.09. The molecule has 0 atom stereocenters. The largest absolute Gasteiger partial charge is 0.469 e. The van der Waals surface area contributed by atoms with Crippen molar-refractivity contribution in [3.05, 3.63) is 18.0 Å². The molecule has 24 heavy (non-hydrogen) atoms. The number of carbonyl (C=O) groups is 3. The molecule has 0 unspecified atom stereocenters. The van der Waals surface area contributed by atoms with Crippen molar-refractivity contribution in [1.29, 1.82) is 0 Å². The average Bonchev–Trinajstić information content (AvgIpc) is 2.92. The van der Waals surface area contributed by atoms with Gasteiger partial charge in [0.1, 0.15) is 0 Å². The van der Waals surface area contributed by atoms with Crippen LogP contribution in [-0.4, -0.2) is 40.6 Å². The highest BCUT2D eigenvalue weighted by atomic mass is 19.3. The minimum absolute atomic E-state index is 0.00723. The van der Waals surface area contributed by atoms with Gasteiger partial charge in [-0.2, -0.15) is 13.9 Å². The molecule has 0 N–H and O–H groups in total. The van der Waals surface area contributed by atoms with Gasteiger partial charge in [-0.1, -0.05) is 0 Å². The van der Waals surface area contributed by atoms with Gasteiger partial charge in [0, 0.05) is 26.5 Å². The Morgan fingerprint density at radius 2 is 1.92 bits per heavy atom. The zero-order chi connectivity index (χ0) is 18.1. The van der Waals surface area contributed by atoms with Gasteiger partial charge in [-0.05, 0) is 6.07 Å². The molecule has 1 aliphatic heterocycles. The van der Waals surface area contributed by atoms with Crippen LogP contribution in [-0.2, 0) is 35.0 Å². The third kappa shape index (κ3) is 3.36. The molecule has 1 aromatic heterocycles. The molecule has 8 nitrogen and oxygen atoms in total. The molecule has 0 radical (unpaired) electrons. The normalized spacial score (nSPS) is 18.9. The Morgan fingerprint density at radius 3 is 2.38 bits per heavy atom. The lowest BCUT2D eigenvalue weighted by Gasteiger charge is -2.39. The highest BCUT2D eigenvalue weighted by molar-refractivity contribution is 6.04. The summed E-state index contributed by atoms with van der Waals surface area (Å²) in [5.74, 6) is -4.34. The SMILES string of the molecule is COC(=O)CC1(Cc2ccn(C(F)F)n2)C(=O)OC(C)(C)OC1=O. The van der Waals surface area contributed by atoms with Gasteiger partial charge in [-0.15, -0.1) is 0 Å². The lowest BCUT2D eigenvalue weighted by Crippen LogP contribution is -2.55. The van der Waals surface area contributed by atoms with Crippen LogP contribution in [0.4, 0.5) is 8.78 Å². The van der Waals surface area contributed by atoms with Crippen molar-refractivity contribution < 1.29 is 37.4 Å². The summed E-state index contributed by atoms with van der Waals surface area (Å²) in [5, 5.41) is 3.59. The van der Waals surface area contributed by atoms with Crippen molar-refractivity contribution in [2.75, 3.05) is 7.11 Å². The maximum absolute atomic E-state index is 12.6. The van der Waals surface area contributed by atoms with Crippen molar-refractivity contribution in [3.8, 4) is 0 Å². The standard InChI is InChI=1S/C14H16F2N2O6/c1-13(2)23-10(20)14(11(21)24-13,7-9(19)22-3)6-8-4-5-18(17-8)12(15)16/h4-5,12H,6-7H2,1-3H3. The number of nitrogens with zero attached hydrogens (tertiary/aromatic N) is 2. The van der Waals surface area contributed by atoms with Gasteiger partial charge >= 0.3 is 24.5 Å². The lowest BCUT2D eigenvalue weighted by atomic mass is 9.79. The minimum Gasteiger partial charge on any atom is -0.469 e. The Bertz CT molecular complexity index is 650. The fourth-order valence-corrected chi connectivity index (χ4v) is 2.31. The summed E-state index contributed by atoms with van der Waals surface area (Å²) in [5.41, 5.74) is -2.03. The Morgan fingerprint density at radius 1 is 1.33 bits per heavy atom. The molecule has 132 valence electrons. The summed E-state index contributed by atoms with van der Waals surface area (Å²) in [6.07, 6.45) is -0.0936. The van der Waals surface area contributed by atoms with E-state index in [0.29, 0.717) is 4.68 Å². The number of hydrogen-bond donors (Lipinski definition) is 0. The topological polar surface area (TPSA) is 96.7 Å². The number of halogens is 2. The van der Waals surface area contributed by atoms with Crippen molar-refractivity contribution in [1.82, 2.24) is 9.78 Å². The van der Waals surface area contributed by atoms with Crippen LogP contribution in [0.25, 0.3) is 0 Å². The Kier molecular flexibility index (Phi) is 4.59. The van der Waals surface area contributed by atoms with E-state index in [9.17, 15) is 23.2 Å². The molecule has 0 bridgehead atoms. The number of hydrogen-bond acceptors (Lipinski definition) is 7. The first-order valence-corrected chi connectivity index (χ1v) is 6.95. The summed E-state index contributed by atoms with van der Waals surface area (Å²) in [6.45, 7) is -0.160. The lowest BCUT2D eigenvalue weighted by molar-refractivity contribution is -0.252.